The first-order valence-corrected chi connectivity index (χ1v) is 4.64. The summed E-state index contributed by atoms with van der Waals surface area (Å²) in [4.78, 5) is 0. The highest BCUT2D eigenvalue weighted by Gasteiger charge is 2.22. The van der Waals surface area contributed by atoms with Crippen molar-refractivity contribution >= 4 is 0 Å². The zero-order valence-corrected chi connectivity index (χ0v) is 8.30. The Morgan fingerprint density at radius 2 is 2.38 bits per heavy atom. The van der Waals surface area contributed by atoms with Gasteiger partial charge < -0.3 is 14.8 Å². The number of hydrogen-bond acceptors (Lipinski definition) is 3. The van der Waals surface area contributed by atoms with Gasteiger partial charge >= 0.3 is 0 Å². The fourth-order valence-electron chi connectivity index (χ4n) is 1.37. The first-order valence-electron chi connectivity index (χ1n) is 4.64. The van der Waals surface area contributed by atoms with Gasteiger partial charge in [0.05, 0.1) is 25.9 Å². The van der Waals surface area contributed by atoms with Crippen LogP contribution in [0.25, 0.3) is 0 Å². The number of ether oxygens (including phenoxy) is 2. The highest BCUT2D eigenvalue weighted by molar-refractivity contribution is 4.99. The maximum atomic E-state index is 5.57. The molecule has 1 N–H and O–H groups in total. The van der Waals surface area contributed by atoms with E-state index in [-0.39, 0.29) is 12.1 Å². The summed E-state index contributed by atoms with van der Waals surface area (Å²) in [6, 6.07) is 0.285. The van der Waals surface area contributed by atoms with Gasteiger partial charge in [-0.15, -0.1) is 11.8 Å². The van der Waals surface area contributed by atoms with E-state index in [0.717, 1.165) is 6.42 Å². The standard InChI is InChI=1S/C10H17NO2/c1-3-4-5-9(11-2)10-8-12-6-7-13-10/h9-11H,5-8H2,1-2H3. The molecule has 13 heavy (non-hydrogen) atoms. The average molecular weight is 183 g/mol. The molecule has 2 atom stereocenters. The first kappa shape index (κ1) is 10.5. The van der Waals surface area contributed by atoms with E-state index in [1.807, 2.05) is 14.0 Å². The molecular formula is C10H17NO2. The molecule has 0 radical (unpaired) electrons. The minimum absolute atomic E-state index is 0.152. The third kappa shape index (κ3) is 3.35. The van der Waals surface area contributed by atoms with Crippen LogP contribution in [0.15, 0.2) is 0 Å². The largest absolute Gasteiger partial charge is 0.376 e. The van der Waals surface area contributed by atoms with Crippen LogP contribution in [0.1, 0.15) is 13.3 Å². The molecule has 2 unspecified atom stereocenters. The molecule has 1 fully saturated rings. The summed E-state index contributed by atoms with van der Waals surface area (Å²) in [5.41, 5.74) is 0. The van der Waals surface area contributed by atoms with Gasteiger partial charge in [0, 0.05) is 12.5 Å². The molecule has 0 saturated carbocycles. The summed E-state index contributed by atoms with van der Waals surface area (Å²) in [5.74, 6) is 5.93. The van der Waals surface area contributed by atoms with Gasteiger partial charge in [0.25, 0.3) is 0 Å². The monoisotopic (exact) mass is 183 g/mol. The zero-order valence-electron chi connectivity index (χ0n) is 8.30. The summed E-state index contributed by atoms with van der Waals surface area (Å²) in [6.45, 7) is 3.94. The predicted octanol–water partition coefficient (Wildman–Crippen LogP) is 0.403. The summed E-state index contributed by atoms with van der Waals surface area (Å²) in [6.07, 6.45) is 0.973. The van der Waals surface area contributed by atoms with Gasteiger partial charge in [0.15, 0.2) is 0 Å². The van der Waals surface area contributed by atoms with Gasteiger partial charge in [-0.2, -0.15) is 0 Å². The second-order valence-electron chi connectivity index (χ2n) is 3.01. The minimum Gasteiger partial charge on any atom is -0.376 e. The Balaban J connectivity index is 2.37. The van der Waals surface area contributed by atoms with Crippen molar-refractivity contribution in [1.29, 1.82) is 0 Å². The van der Waals surface area contributed by atoms with E-state index in [9.17, 15) is 0 Å². The minimum atomic E-state index is 0.152. The first-order chi connectivity index (χ1) is 6.38. The van der Waals surface area contributed by atoms with E-state index >= 15 is 0 Å². The van der Waals surface area contributed by atoms with E-state index < -0.39 is 0 Å². The van der Waals surface area contributed by atoms with E-state index in [1.54, 1.807) is 0 Å². The van der Waals surface area contributed by atoms with Crippen LogP contribution in [-0.4, -0.2) is 39.0 Å². The summed E-state index contributed by atoms with van der Waals surface area (Å²) in [5, 5.41) is 3.20. The lowest BCUT2D eigenvalue weighted by Gasteiger charge is -2.29. The van der Waals surface area contributed by atoms with Crippen molar-refractivity contribution in [1.82, 2.24) is 5.32 Å². The summed E-state index contributed by atoms with van der Waals surface area (Å²) in [7, 11) is 1.93. The normalized spacial score (nSPS) is 24.6. The topological polar surface area (TPSA) is 30.5 Å². The maximum absolute atomic E-state index is 5.57. The van der Waals surface area contributed by atoms with Gasteiger partial charge in [0.1, 0.15) is 0 Å². The smallest absolute Gasteiger partial charge is 0.0971 e. The molecule has 0 amide bonds. The van der Waals surface area contributed by atoms with Crippen LogP contribution in [0.4, 0.5) is 0 Å². The van der Waals surface area contributed by atoms with Crippen molar-refractivity contribution in [2.24, 2.45) is 0 Å². The fraction of sp³-hybridized carbons (Fsp3) is 0.800. The second kappa shape index (κ2) is 5.98. The molecule has 0 aromatic heterocycles. The molecule has 1 aliphatic rings. The van der Waals surface area contributed by atoms with Crippen LogP contribution in [0, 0.1) is 11.8 Å². The molecular weight excluding hydrogens is 166 g/mol. The molecule has 1 rings (SSSR count). The third-order valence-electron chi connectivity index (χ3n) is 2.16. The molecule has 0 spiro atoms. The van der Waals surface area contributed by atoms with Gasteiger partial charge in [-0.05, 0) is 14.0 Å². The molecule has 0 aromatic carbocycles. The molecule has 0 bridgehead atoms. The lowest BCUT2D eigenvalue weighted by molar-refractivity contribution is -0.0999. The number of likely N-dealkylation sites (N-methyl/N-ethyl adjacent to an activating group) is 1. The maximum Gasteiger partial charge on any atom is 0.0971 e. The Kier molecular flexibility index (Phi) is 4.84. The summed E-state index contributed by atoms with van der Waals surface area (Å²) >= 11 is 0. The average Bonchev–Trinajstić information content (AvgIpc) is 2.21. The van der Waals surface area contributed by atoms with Gasteiger partial charge in [-0.1, -0.05) is 0 Å². The SMILES string of the molecule is CC#CCC(NC)C1COCCO1. The van der Waals surface area contributed by atoms with E-state index in [2.05, 4.69) is 17.2 Å². The molecule has 1 aliphatic heterocycles. The third-order valence-corrected chi connectivity index (χ3v) is 2.16. The number of hydrogen-bond donors (Lipinski definition) is 1. The highest BCUT2D eigenvalue weighted by atomic mass is 16.6. The lowest BCUT2D eigenvalue weighted by atomic mass is 10.1. The second-order valence-corrected chi connectivity index (χ2v) is 3.01. The van der Waals surface area contributed by atoms with Crippen LogP contribution < -0.4 is 5.32 Å². The lowest BCUT2D eigenvalue weighted by Crippen LogP contribution is -2.45. The highest BCUT2D eigenvalue weighted by Crippen LogP contribution is 2.08. The molecule has 0 aliphatic carbocycles. The Labute approximate surface area is 79.8 Å². The van der Waals surface area contributed by atoms with Crippen LogP contribution in [0.5, 0.6) is 0 Å². The molecule has 3 nitrogen and oxygen atoms in total. The Morgan fingerprint density at radius 1 is 1.54 bits per heavy atom. The van der Waals surface area contributed by atoms with Gasteiger partial charge in [0.2, 0.25) is 0 Å². The molecule has 1 heterocycles. The molecule has 3 heteroatoms. The molecule has 0 aromatic rings. The predicted molar refractivity (Wildman–Crippen MR) is 51.5 cm³/mol. The van der Waals surface area contributed by atoms with Crippen molar-refractivity contribution in [3.63, 3.8) is 0 Å². The van der Waals surface area contributed by atoms with Crippen molar-refractivity contribution in [3.05, 3.63) is 0 Å². The van der Waals surface area contributed by atoms with Gasteiger partial charge in [-0.3, -0.25) is 0 Å². The van der Waals surface area contributed by atoms with Crippen molar-refractivity contribution in [2.75, 3.05) is 26.9 Å². The Bertz CT molecular complexity index is 189. The number of rotatable bonds is 3. The Morgan fingerprint density at radius 3 is 2.92 bits per heavy atom. The van der Waals surface area contributed by atoms with Crippen molar-refractivity contribution in [2.45, 2.75) is 25.5 Å². The molecule has 74 valence electrons. The van der Waals surface area contributed by atoms with Crippen molar-refractivity contribution in [3.8, 4) is 11.8 Å². The zero-order chi connectivity index (χ0) is 9.52. The number of nitrogens with one attached hydrogen (secondary N) is 1. The van der Waals surface area contributed by atoms with Crippen LogP contribution in [0.3, 0.4) is 0 Å². The quantitative estimate of drug-likeness (QED) is 0.643. The summed E-state index contributed by atoms with van der Waals surface area (Å²) < 4.78 is 10.9. The van der Waals surface area contributed by atoms with Gasteiger partial charge in [-0.25, -0.2) is 0 Å². The van der Waals surface area contributed by atoms with Crippen LogP contribution in [-0.2, 0) is 9.47 Å². The molecule has 1 saturated heterocycles. The van der Waals surface area contributed by atoms with E-state index in [1.165, 1.54) is 0 Å². The van der Waals surface area contributed by atoms with Crippen LogP contribution >= 0.6 is 0 Å². The van der Waals surface area contributed by atoms with E-state index in [0.29, 0.717) is 19.8 Å². The van der Waals surface area contributed by atoms with E-state index in [4.69, 9.17) is 9.47 Å². The fourth-order valence-corrected chi connectivity index (χ4v) is 1.37. The van der Waals surface area contributed by atoms with Crippen molar-refractivity contribution < 1.29 is 9.47 Å². The Hall–Kier alpha value is -0.560. The van der Waals surface area contributed by atoms with Crippen LogP contribution in [0.2, 0.25) is 0 Å².